The standard InChI is InChI=1S/C17H20N2.2ClH/c18-17(12-10-15-8-3-4-13-19-15)11-5-7-14-6-1-2-9-16(14)17;;/h1-4,6,8-9,13H,5,7,10-12,18H2;2*1H. The maximum Gasteiger partial charge on any atom is 0.0416 e. The molecule has 0 radical (unpaired) electrons. The summed E-state index contributed by atoms with van der Waals surface area (Å²) in [5, 5.41) is 0. The first-order valence-electron chi connectivity index (χ1n) is 7.05. The lowest BCUT2D eigenvalue weighted by atomic mass is 9.74. The van der Waals surface area contributed by atoms with Gasteiger partial charge in [-0.15, -0.1) is 24.8 Å². The second-order valence-corrected chi connectivity index (χ2v) is 5.49. The van der Waals surface area contributed by atoms with Gasteiger partial charge in [0.2, 0.25) is 0 Å². The van der Waals surface area contributed by atoms with E-state index in [-0.39, 0.29) is 30.4 Å². The first-order valence-corrected chi connectivity index (χ1v) is 7.05. The van der Waals surface area contributed by atoms with E-state index >= 15 is 0 Å². The molecular weight excluding hydrogens is 303 g/mol. The molecule has 2 N–H and O–H groups in total. The Morgan fingerprint density at radius 2 is 1.81 bits per heavy atom. The van der Waals surface area contributed by atoms with E-state index in [4.69, 9.17) is 5.73 Å². The molecule has 0 saturated carbocycles. The van der Waals surface area contributed by atoms with Gasteiger partial charge in [-0.25, -0.2) is 0 Å². The normalized spacial score (nSPS) is 19.9. The fraction of sp³-hybridized carbons (Fsp3) is 0.353. The van der Waals surface area contributed by atoms with Crippen molar-refractivity contribution < 1.29 is 0 Å². The van der Waals surface area contributed by atoms with Crippen LogP contribution in [-0.4, -0.2) is 4.98 Å². The minimum absolute atomic E-state index is 0. The van der Waals surface area contributed by atoms with Gasteiger partial charge in [-0.1, -0.05) is 30.3 Å². The van der Waals surface area contributed by atoms with Crippen molar-refractivity contribution in [3.8, 4) is 0 Å². The highest BCUT2D eigenvalue weighted by molar-refractivity contribution is 5.85. The van der Waals surface area contributed by atoms with Crippen molar-refractivity contribution in [3.05, 3.63) is 65.5 Å². The molecule has 2 aromatic rings. The van der Waals surface area contributed by atoms with Gasteiger partial charge in [0, 0.05) is 17.4 Å². The van der Waals surface area contributed by atoms with E-state index in [0.29, 0.717) is 0 Å². The van der Waals surface area contributed by atoms with E-state index < -0.39 is 0 Å². The topological polar surface area (TPSA) is 38.9 Å². The average Bonchev–Trinajstić information content (AvgIpc) is 2.47. The number of aromatic nitrogens is 1. The van der Waals surface area contributed by atoms with Gasteiger partial charge in [0.1, 0.15) is 0 Å². The van der Waals surface area contributed by atoms with Crippen molar-refractivity contribution in [3.63, 3.8) is 0 Å². The molecule has 21 heavy (non-hydrogen) atoms. The second kappa shape index (κ2) is 7.79. The number of halogens is 2. The fourth-order valence-corrected chi connectivity index (χ4v) is 3.11. The highest BCUT2D eigenvalue weighted by Gasteiger charge is 2.31. The average molecular weight is 325 g/mol. The molecule has 1 aliphatic carbocycles. The number of hydrogen-bond donors (Lipinski definition) is 1. The molecule has 1 aromatic carbocycles. The molecule has 3 rings (SSSR count). The molecule has 0 spiro atoms. The van der Waals surface area contributed by atoms with E-state index in [2.05, 4.69) is 35.3 Å². The molecule has 0 fully saturated rings. The van der Waals surface area contributed by atoms with Crippen molar-refractivity contribution in [1.82, 2.24) is 4.98 Å². The predicted molar refractivity (Wildman–Crippen MR) is 92.3 cm³/mol. The van der Waals surface area contributed by atoms with Crippen LogP contribution in [0.1, 0.15) is 36.1 Å². The van der Waals surface area contributed by atoms with Crippen LogP contribution in [0, 0.1) is 0 Å². The zero-order valence-electron chi connectivity index (χ0n) is 12.0. The van der Waals surface area contributed by atoms with E-state index in [1.54, 1.807) is 0 Å². The van der Waals surface area contributed by atoms with Gasteiger partial charge >= 0.3 is 0 Å². The molecule has 0 aliphatic heterocycles. The molecule has 1 atom stereocenters. The number of fused-ring (bicyclic) bond motifs is 1. The van der Waals surface area contributed by atoms with Crippen LogP contribution < -0.4 is 5.73 Å². The predicted octanol–water partition coefficient (Wildman–Crippen LogP) is 4.05. The van der Waals surface area contributed by atoms with Crippen molar-refractivity contribution in [1.29, 1.82) is 0 Å². The molecule has 0 bridgehead atoms. The Labute approximate surface area is 139 Å². The maximum absolute atomic E-state index is 6.69. The van der Waals surface area contributed by atoms with Gasteiger partial charge in [0.05, 0.1) is 0 Å². The molecule has 0 saturated heterocycles. The Hall–Kier alpha value is -1.09. The third-order valence-electron chi connectivity index (χ3n) is 4.18. The Balaban J connectivity index is 0.00000110. The number of benzene rings is 1. The smallest absolute Gasteiger partial charge is 0.0416 e. The van der Waals surface area contributed by atoms with Gasteiger partial charge in [0.15, 0.2) is 0 Å². The molecule has 0 amide bonds. The van der Waals surface area contributed by atoms with Crippen molar-refractivity contribution >= 4 is 24.8 Å². The van der Waals surface area contributed by atoms with Crippen molar-refractivity contribution in [2.24, 2.45) is 5.73 Å². The van der Waals surface area contributed by atoms with E-state index in [9.17, 15) is 0 Å². The minimum Gasteiger partial charge on any atom is -0.321 e. The lowest BCUT2D eigenvalue weighted by Crippen LogP contribution is -2.40. The Morgan fingerprint density at radius 3 is 2.57 bits per heavy atom. The third-order valence-corrected chi connectivity index (χ3v) is 4.18. The zero-order valence-corrected chi connectivity index (χ0v) is 13.6. The number of nitrogens with zero attached hydrogens (tertiary/aromatic N) is 1. The zero-order chi connectivity index (χ0) is 13.1. The summed E-state index contributed by atoms with van der Waals surface area (Å²) in [7, 11) is 0. The SMILES string of the molecule is Cl.Cl.NC1(CCc2ccccn2)CCCc2ccccc21. The molecule has 1 unspecified atom stereocenters. The number of nitrogens with two attached hydrogens (primary N) is 1. The monoisotopic (exact) mass is 324 g/mol. The second-order valence-electron chi connectivity index (χ2n) is 5.49. The molecule has 114 valence electrons. The van der Waals surface area contributed by atoms with Crippen LogP contribution in [0.25, 0.3) is 0 Å². The summed E-state index contributed by atoms with van der Waals surface area (Å²) in [6.07, 6.45) is 7.21. The van der Waals surface area contributed by atoms with E-state index in [1.807, 2.05) is 18.3 Å². The Kier molecular flexibility index (Phi) is 6.66. The number of pyridine rings is 1. The lowest BCUT2D eigenvalue weighted by molar-refractivity contribution is 0.345. The molecule has 4 heteroatoms. The van der Waals surface area contributed by atoms with E-state index in [1.165, 1.54) is 24.0 Å². The highest BCUT2D eigenvalue weighted by atomic mass is 35.5. The van der Waals surface area contributed by atoms with Crippen LogP contribution >= 0.6 is 24.8 Å². The van der Waals surface area contributed by atoms with Crippen LogP contribution in [0.3, 0.4) is 0 Å². The van der Waals surface area contributed by atoms with Crippen molar-refractivity contribution in [2.45, 2.75) is 37.6 Å². The number of hydrogen-bond acceptors (Lipinski definition) is 2. The van der Waals surface area contributed by atoms with Gasteiger partial charge < -0.3 is 5.73 Å². The largest absolute Gasteiger partial charge is 0.321 e. The Bertz CT molecular complexity index is 560. The van der Waals surface area contributed by atoms with Crippen LogP contribution in [0.2, 0.25) is 0 Å². The van der Waals surface area contributed by atoms with Crippen LogP contribution in [-0.2, 0) is 18.4 Å². The first-order chi connectivity index (χ1) is 9.28. The maximum atomic E-state index is 6.69. The van der Waals surface area contributed by atoms with E-state index in [0.717, 1.165) is 25.0 Å². The van der Waals surface area contributed by atoms with Crippen LogP contribution in [0.4, 0.5) is 0 Å². The Morgan fingerprint density at radius 1 is 1.05 bits per heavy atom. The minimum atomic E-state index is -0.174. The van der Waals surface area contributed by atoms with Gasteiger partial charge in [-0.2, -0.15) is 0 Å². The lowest BCUT2D eigenvalue weighted by Gasteiger charge is -2.36. The van der Waals surface area contributed by atoms with Crippen LogP contribution in [0.15, 0.2) is 48.7 Å². The molecule has 1 aromatic heterocycles. The number of aryl methyl sites for hydroxylation is 2. The molecule has 1 heterocycles. The van der Waals surface area contributed by atoms with Gasteiger partial charge in [-0.3, -0.25) is 4.98 Å². The fourth-order valence-electron chi connectivity index (χ4n) is 3.11. The molecule has 1 aliphatic rings. The van der Waals surface area contributed by atoms with Gasteiger partial charge in [0.25, 0.3) is 0 Å². The summed E-state index contributed by atoms with van der Waals surface area (Å²) in [4.78, 5) is 4.39. The van der Waals surface area contributed by atoms with Gasteiger partial charge in [-0.05, 0) is 55.4 Å². The van der Waals surface area contributed by atoms with Crippen molar-refractivity contribution in [2.75, 3.05) is 0 Å². The highest BCUT2D eigenvalue weighted by Crippen LogP contribution is 2.36. The number of rotatable bonds is 3. The molecular formula is C17H22Cl2N2. The quantitative estimate of drug-likeness (QED) is 0.925. The summed E-state index contributed by atoms with van der Waals surface area (Å²) >= 11 is 0. The summed E-state index contributed by atoms with van der Waals surface area (Å²) < 4.78 is 0. The summed E-state index contributed by atoms with van der Waals surface area (Å²) in [5.41, 5.74) is 10.4. The summed E-state index contributed by atoms with van der Waals surface area (Å²) in [6, 6.07) is 14.7. The third kappa shape index (κ3) is 3.97. The van der Waals surface area contributed by atoms with Crippen LogP contribution in [0.5, 0.6) is 0 Å². The first kappa shape index (κ1) is 18.0. The molecule has 2 nitrogen and oxygen atoms in total. The summed E-state index contributed by atoms with van der Waals surface area (Å²) in [6.45, 7) is 0. The summed E-state index contributed by atoms with van der Waals surface area (Å²) in [5.74, 6) is 0.